The summed E-state index contributed by atoms with van der Waals surface area (Å²) < 4.78 is 5.42. The number of hydrogen-bond acceptors (Lipinski definition) is 6. The van der Waals surface area contributed by atoms with Gasteiger partial charge in [-0.2, -0.15) is 5.21 Å². The maximum Gasteiger partial charge on any atom is 0.361 e. The molecule has 0 unspecified atom stereocenters. The minimum atomic E-state index is -0.267. The zero-order chi connectivity index (χ0) is 19.3. The molecule has 9 nitrogen and oxygen atoms in total. The summed E-state index contributed by atoms with van der Waals surface area (Å²) in [6.45, 7) is 1.65. The van der Waals surface area contributed by atoms with Crippen LogP contribution >= 0.6 is 0 Å². The molecule has 1 saturated carbocycles. The van der Waals surface area contributed by atoms with Gasteiger partial charge in [0.1, 0.15) is 5.75 Å². The molecule has 0 bridgehead atoms. The second-order valence-corrected chi connectivity index (χ2v) is 7.34. The number of aromatic nitrogens is 4. The second kappa shape index (κ2) is 8.37. The number of H-pyrrole nitrogens is 1. The Morgan fingerprint density at radius 3 is 2.43 bits per heavy atom. The third-order valence-electron chi connectivity index (χ3n) is 5.49. The fourth-order valence-corrected chi connectivity index (χ4v) is 4.05. The molecule has 9 heteroatoms. The highest BCUT2D eigenvalue weighted by Gasteiger charge is 2.38. The summed E-state index contributed by atoms with van der Waals surface area (Å²) in [4.78, 5) is 27.7. The summed E-state index contributed by atoms with van der Waals surface area (Å²) in [5.41, 5.74) is 0.670. The van der Waals surface area contributed by atoms with E-state index in [2.05, 4.69) is 25.9 Å². The number of hydrogen-bond donors (Lipinski definition) is 2. The smallest absolute Gasteiger partial charge is 0.361 e. The van der Waals surface area contributed by atoms with Crippen molar-refractivity contribution in [2.75, 3.05) is 18.4 Å². The van der Waals surface area contributed by atoms with Gasteiger partial charge in [-0.25, -0.2) is 0 Å². The minimum Gasteiger partial charge on any atom is -0.422 e. The van der Waals surface area contributed by atoms with Gasteiger partial charge in [-0.15, -0.1) is 0 Å². The number of nitrogens with zero attached hydrogens (tertiary/aromatic N) is 4. The maximum atomic E-state index is 12.9. The van der Waals surface area contributed by atoms with E-state index in [9.17, 15) is 9.59 Å². The molecule has 148 valence electrons. The molecule has 1 aliphatic heterocycles. The standard InChI is InChI=1S/C19H24N6O3/c26-17(15-5-1-2-6-16(15)18(27)25-11-3-4-12-25)20-13-7-9-14(10-8-13)28-19-21-23-24-22-19/h7-10,15-16H,1-6,11-12H2,(H,20,26)(H,21,22,23,24)/t15-,16+/m0/s1. The van der Waals surface area contributed by atoms with Gasteiger partial charge in [0.25, 0.3) is 0 Å². The van der Waals surface area contributed by atoms with E-state index in [-0.39, 0.29) is 29.7 Å². The van der Waals surface area contributed by atoms with E-state index in [0.29, 0.717) is 11.4 Å². The zero-order valence-electron chi connectivity index (χ0n) is 15.6. The number of carbonyl (C=O) groups is 2. The number of amides is 2. The van der Waals surface area contributed by atoms with Crippen LogP contribution in [0.4, 0.5) is 5.69 Å². The van der Waals surface area contributed by atoms with Crippen molar-refractivity contribution in [1.82, 2.24) is 25.5 Å². The first-order chi connectivity index (χ1) is 13.7. The first-order valence-electron chi connectivity index (χ1n) is 9.82. The molecule has 2 heterocycles. The fourth-order valence-electron chi connectivity index (χ4n) is 4.05. The number of rotatable bonds is 5. The molecule has 0 spiro atoms. The SMILES string of the molecule is O=C(Nc1ccc(Oc2nn[nH]n2)cc1)[C@H]1CCCC[C@H]1C(=O)N1CCCC1. The molecule has 1 aliphatic carbocycles. The quantitative estimate of drug-likeness (QED) is 0.818. The van der Waals surface area contributed by atoms with E-state index in [1.54, 1.807) is 24.3 Å². The number of likely N-dealkylation sites (tertiary alicyclic amines) is 1. The molecule has 1 saturated heterocycles. The lowest BCUT2D eigenvalue weighted by atomic mass is 9.77. The van der Waals surface area contributed by atoms with Gasteiger partial charge in [-0.1, -0.05) is 23.0 Å². The largest absolute Gasteiger partial charge is 0.422 e. The number of carbonyl (C=O) groups excluding carboxylic acids is 2. The minimum absolute atomic E-state index is 0.0796. The highest BCUT2D eigenvalue weighted by Crippen LogP contribution is 2.33. The molecule has 2 atom stereocenters. The number of anilines is 1. The van der Waals surface area contributed by atoms with Crippen LogP contribution in [0.25, 0.3) is 0 Å². The molecule has 0 radical (unpaired) electrons. The summed E-state index contributed by atoms with van der Waals surface area (Å²) in [7, 11) is 0. The number of ether oxygens (including phenoxy) is 1. The van der Waals surface area contributed by atoms with Gasteiger partial charge < -0.3 is 15.0 Å². The Balaban J connectivity index is 1.39. The monoisotopic (exact) mass is 384 g/mol. The topological polar surface area (TPSA) is 113 Å². The second-order valence-electron chi connectivity index (χ2n) is 7.34. The summed E-state index contributed by atoms with van der Waals surface area (Å²) in [6.07, 6.45) is 5.68. The molecule has 28 heavy (non-hydrogen) atoms. The van der Waals surface area contributed by atoms with Crippen LogP contribution in [0.2, 0.25) is 0 Å². The molecule has 2 fully saturated rings. The molecule has 2 aromatic rings. The van der Waals surface area contributed by atoms with E-state index < -0.39 is 0 Å². The number of aromatic amines is 1. The molecule has 2 N–H and O–H groups in total. The van der Waals surface area contributed by atoms with Crippen LogP contribution in [0.1, 0.15) is 38.5 Å². The van der Waals surface area contributed by atoms with E-state index in [0.717, 1.165) is 51.6 Å². The van der Waals surface area contributed by atoms with E-state index >= 15 is 0 Å². The molecule has 1 aromatic carbocycles. The third kappa shape index (κ3) is 4.13. The average molecular weight is 384 g/mol. The zero-order valence-corrected chi connectivity index (χ0v) is 15.6. The van der Waals surface area contributed by atoms with Crippen LogP contribution < -0.4 is 10.1 Å². The predicted octanol–water partition coefficient (Wildman–Crippen LogP) is 2.36. The molecule has 2 aliphatic rings. The van der Waals surface area contributed by atoms with Gasteiger partial charge in [-0.05, 0) is 55.2 Å². The van der Waals surface area contributed by atoms with Gasteiger partial charge in [0.05, 0.1) is 0 Å². The highest BCUT2D eigenvalue weighted by atomic mass is 16.5. The highest BCUT2D eigenvalue weighted by molar-refractivity contribution is 5.96. The van der Waals surface area contributed by atoms with Crippen LogP contribution in [0, 0.1) is 11.8 Å². The molecule has 1 aromatic heterocycles. The van der Waals surface area contributed by atoms with Crippen molar-refractivity contribution in [2.45, 2.75) is 38.5 Å². The van der Waals surface area contributed by atoms with Gasteiger partial charge in [0.2, 0.25) is 11.8 Å². The average Bonchev–Trinajstić information content (AvgIpc) is 3.43. The Labute approximate surface area is 162 Å². The van der Waals surface area contributed by atoms with Gasteiger partial charge in [-0.3, -0.25) is 9.59 Å². The van der Waals surface area contributed by atoms with Crippen molar-refractivity contribution >= 4 is 17.5 Å². The lowest BCUT2D eigenvalue weighted by molar-refractivity contribution is -0.141. The van der Waals surface area contributed by atoms with E-state index in [1.807, 2.05) is 4.90 Å². The fraction of sp³-hybridized carbons (Fsp3) is 0.526. The molecular weight excluding hydrogens is 360 g/mol. The number of tetrazole rings is 1. The van der Waals surface area contributed by atoms with Crippen molar-refractivity contribution in [3.8, 4) is 11.8 Å². The number of nitrogens with one attached hydrogen (secondary N) is 2. The summed E-state index contributed by atoms with van der Waals surface area (Å²) >= 11 is 0. The van der Waals surface area contributed by atoms with Crippen LogP contribution in [-0.2, 0) is 9.59 Å². The van der Waals surface area contributed by atoms with Crippen LogP contribution in [-0.4, -0.2) is 50.4 Å². The first-order valence-corrected chi connectivity index (χ1v) is 9.82. The predicted molar refractivity (Wildman–Crippen MR) is 101 cm³/mol. The molecular formula is C19H24N6O3. The van der Waals surface area contributed by atoms with Crippen molar-refractivity contribution in [1.29, 1.82) is 0 Å². The van der Waals surface area contributed by atoms with E-state index in [4.69, 9.17) is 4.74 Å². The first kappa shape index (κ1) is 18.4. The van der Waals surface area contributed by atoms with Crippen molar-refractivity contribution in [3.05, 3.63) is 24.3 Å². The van der Waals surface area contributed by atoms with E-state index in [1.165, 1.54) is 0 Å². The Morgan fingerprint density at radius 1 is 1.04 bits per heavy atom. The van der Waals surface area contributed by atoms with Crippen molar-refractivity contribution in [3.63, 3.8) is 0 Å². The Morgan fingerprint density at radius 2 is 1.75 bits per heavy atom. The van der Waals surface area contributed by atoms with Crippen LogP contribution in [0.5, 0.6) is 11.8 Å². The Hall–Kier alpha value is -2.97. The Bertz CT molecular complexity index is 802. The van der Waals surface area contributed by atoms with Gasteiger partial charge in [0, 0.05) is 30.6 Å². The van der Waals surface area contributed by atoms with Crippen LogP contribution in [0.3, 0.4) is 0 Å². The Kier molecular flexibility index (Phi) is 5.50. The molecule has 2 amide bonds. The summed E-state index contributed by atoms with van der Waals surface area (Å²) in [5.74, 6) is 0.147. The van der Waals surface area contributed by atoms with Gasteiger partial charge in [0.15, 0.2) is 0 Å². The van der Waals surface area contributed by atoms with Crippen LogP contribution in [0.15, 0.2) is 24.3 Å². The summed E-state index contributed by atoms with van der Waals surface area (Å²) in [5, 5.41) is 16.2. The normalized spacial score (nSPS) is 22.1. The number of benzene rings is 1. The van der Waals surface area contributed by atoms with Crippen molar-refractivity contribution < 1.29 is 14.3 Å². The third-order valence-corrected chi connectivity index (χ3v) is 5.49. The summed E-state index contributed by atoms with van der Waals surface area (Å²) in [6, 6.07) is 7.09. The van der Waals surface area contributed by atoms with Gasteiger partial charge >= 0.3 is 6.01 Å². The lowest BCUT2D eigenvalue weighted by Crippen LogP contribution is -2.42. The van der Waals surface area contributed by atoms with Crippen molar-refractivity contribution in [2.24, 2.45) is 11.8 Å². The maximum absolute atomic E-state index is 12.9. The lowest BCUT2D eigenvalue weighted by Gasteiger charge is -2.32. The molecule has 4 rings (SSSR count).